The number of anilines is 1. The van der Waals surface area contributed by atoms with Crippen LogP contribution in [-0.4, -0.2) is 43.8 Å². The minimum atomic E-state index is -4.09. The Morgan fingerprint density at radius 3 is 2.08 bits per heavy atom. The zero-order valence-corrected chi connectivity index (χ0v) is 24.2. The Bertz CT molecular complexity index is 1360. The Morgan fingerprint density at radius 2 is 1.49 bits per heavy atom. The lowest BCUT2D eigenvalue weighted by molar-refractivity contribution is -0.140. The second-order valence-corrected chi connectivity index (χ2v) is 11.7. The third kappa shape index (κ3) is 7.47. The molecule has 3 aromatic carbocycles. The van der Waals surface area contributed by atoms with Crippen LogP contribution in [0, 0.1) is 13.8 Å². The number of amides is 2. The van der Waals surface area contributed by atoms with Gasteiger partial charge in [0.1, 0.15) is 12.6 Å². The van der Waals surface area contributed by atoms with Crippen LogP contribution >= 0.6 is 0 Å². The summed E-state index contributed by atoms with van der Waals surface area (Å²) in [4.78, 5) is 29.0. The standard InChI is InChI=1S/C31H39N3O4S/c1-6-25(5)32-31(36)28(7-2)33(21-26-14-10-8-11-15-26)30(35)22-34(29-20-23(3)18-19-24(29)4)39(37,38)27-16-12-9-13-17-27/h8-20,25,28H,6-7,21-22H2,1-5H3,(H,32,36)/t25-,28-/m1/s1. The van der Waals surface area contributed by atoms with Crippen molar-refractivity contribution in [2.45, 2.75) is 71.0 Å². The van der Waals surface area contributed by atoms with Gasteiger partial charge in [-0.3, -0.25) is 13.9 Å². The minimum Gasteiger partial charge on any atom is -0.352 e. The number of nitrogens with zero attached hydrogens (tertiary/aromatic N) is 2. The van der Waals surface area contributed by atoms with Crippen LogP contribution in [-0.2, 0) is 26.2 Å². The van der Waals surface area contributed by atoms with E-state index in [0.717, 1.165) is 23.1 Å². The van der Waals surface area contributed by atoms with E-state index in [-0.39, 0.29) is 23.4 Å². The summed E-state index contributed by atoms with van der Waals surface area (Å²) in [6.45, 7) is 9.20. The first-order valence-electron chi connectivity index (χ1n) is 13.4. The lowest BCUT2D eigenvalue weighted by atomic mass is 10.1. The van der Waals surface area contributed by atoms with E-state index in [0.29, 0.717) is 12.1 Å². The summed E-state index contributed by atoms with van der Waals surface area (Å²) in [6.07, 6.45) is 1.14. The average Bonchev–Trinajstić information content (AvgIpc) is 2.93. The molecule has 2 amide bonds. The van der Waals surface area contributed by atoms with Crippen LogP contribution in [0.25, 0.3) is 0 Å². The lowest BCUT2D eigenvalue weighted by Crippen LogP contribution is -2.53. The molecule has 0 spiro atoms. The molecule has 208 valence electrons. The summed E-state index contributed by atoms with van der Waals surface area (Å²) < 4.78 is 29.1. The molecule has 0 aromatic heterocycles. The van der Waals surface area contributed by atoms with Crippen molar-refractivity contribution in [2.75, 3.05) is 10.8 Å². The van der Waals surface area contributed by atoms with Crippen molar-refractivity contribution in [1.29, 1.82) is 0 Å². The van der Waals surface area contributed by atoms with E-state index in [1.165, 1.54) is 21.3 Å². The molecule has 0 radical (unpaired) electrons. The maximum atomic E-state index is 14.1. The van der Waals surface area contributed by atoms with Crippen LogP contribution in [0.4, 0.5) is 5.69 Å². The van der Waals surface area contributed by atoms with E-state index in [2.05, 4.69) is 5.32 Å². The number of aryl methyl sites for hydroxylation is 2. The number of hydrogen-bond acceptors (Lipinski definition) is 4. The first kappa shape index (κ1) is 29.9. The van der Waals surface area contributed by atoms with E-state index < -0.39 is 28.5 Å². The average molecular weight is 550 g/mol. The molecule has 0 aliphatic rings. The van der Waals surface area contributed by atoms with Gasteiger partial charge in [-0.15, -0.1) is 0 Å². The molecule has 0 unspecified atom stereocenters. The molecule has 3 rings (SSSR count). The quantitative estimate of drug-likeness (QED) is 0.336. The van der Waals surface area contributed by atoms with Crippen molar-refractivity contribution in [1.82, 2.24) is 10.2 Å². The molecular formula is C31H39N3O4S. The van der Waals surface area contributed by atoms with Crippen molar-refractivity contribution >= 4 is 27.5 Å². The third-order valence-electron chi connectivity index (χ3n) is 6.83. The smallest absolute Gasteiger partial charge is 0.264 e. The van der Waals surface area contributed by atoms with Crippen molar-refractivity contribution in [3.63, 3.8) is 0 Å². The van der Waals surface area contributed by atoms with Crippen LogP contribution in [0.5, 0.6) is 0 Å². The normalized spacial score (nSPS) is 12.8. The van der Waals surface area contributed by atoms with Gasteiger partial charge in [0.05, 0.1) is 10.6 Å². The topological polar surface area (TPSA) is 86.8 Å². The van der Waals surface area contributed by atoms with E-state index >= 15 is 0 Å². The highest BCUT2D eigenvalue weighted by molar-refractivity contribution is 7.92. The molecular weight excluding hydrogens is 510 g/mol. The fourth-order valence-corrected chi connectivity index (χ4v) is 5.85. The molecule has 8 heteroatoms. The summed E-state index contributed by atoms with van der Waals surface area (Å²) in [5.74, 6) is -0.703. The van der Waals surface area contributed by atoms with Gasteiger partial charge in [-0.1, -0.05) is 74.5 Å². The van der Waals surface area contributed by atoms with E-state index in [1.807, 2.05) is 77.1 Å². The number of hydrogen-bond donors (Lipinski definition) is 1. The fraction of sp³-hybridized carbons (Fsp3) is 0.355. The highest BCUT2D eigenvalue weighted by Crippen LogP contribution is 2.28. The Labute approximate surface area is 232 Å². The third-order valence-corrected chi connectivity index (χ3v) is 8.60. The fourth-order valence-electron chi connectivity index (χ4n) is 4.36. The highest BCUT2D eigenvalue weighted by atomic mass is 32.2. The van der Waals surface area contributed by atoms with Crippen molar-refractivity contribution in [3.05, 3.63) is 95.6 Å². The van der Waals surface area contributed by atoms with E-state index in [9.17, 15) is 18.0 Å². The Hall–Kier alpha value is -3.65. The summed E-state index contributed by atoms with van der Waals surface area (Å²) >= 11 is 0. The number of sulfonamides is 1. The minimum absolute atomic E-state index is 0.0508. The van der Waals surface area contributed by atoms with Crippen LogP contribution in [0.15, 0.2) is 83.8 Å². The molecule has 0 fully saturated rings. The number of carbonyl (C=O) groups is 2. The zero-order chi connectivity index (χ0) is 28.6. The Balaban J connectivity index is 2.07. The van der Waals surface area contributed by atoms with Crippen LogP contribution in [0.1, 0.15) is 50.3 Å². The SMILES string of the molecule is CC[C@@H](C)NC(=O)[C@@H](CC)N(Cc1ccccc1)C(=O)CN(c1cc(C)ccc1C)S(=O)(=O)c1ccccc1. The van der Waals surface area contributed by atoms with Crippen LogP contribution in [0.2, 0.25) is 0 Å². The van der Waals surface area contributed by atoms with Gasteiger partial charge in [-0.25, -0.2) is 8.42 Å². The van der Waals surface area contributed by atoms with Gasteiger partial charge in [0, 0.05) is 12.6 Å². The number of carbonyl (C=O) groups excluding carboxylic acids is 2. The Kier molecular flexibility index (Phi) is 10.3. The molecule has 0 bridgehead atoms. The summed E-state index contributed by atoms with van der Waals surface area (Å²) in [7, 11) is -4.09. The predicted octanol–water partition coefficient (Wildman–Crippen LogP) is 5.22. The molecule has 3 aromatic rings. The number of nitrogens with one attached hydrogen (secondary N) is 1. The largest absolute Gasteiger partial charge is 0.352 e. The lowest BCUT2D eigenvalue weighted by Gasteiger charge is -2.34. The summed E-state index contributed by atoms with van der Waals surface area (Å²) in [6, 6.07) is 22.2. The van der Waals surface area contributed by atoms with Gasteiger partial charge in [-0.05, 0) is 68.5 Å². The van der Waals surface area contributed by atoms with Gasteiger partial charge in [0.25, 0.3) is 10.0 Å². The molecule has 0 saturated heterocycles. The molecule has 2 atom stereocenters. The van der Waals surface area contributed by atoms with Gasteiger partial charge >= 0.3 is 0 Å². The maximum Gasteiger partial charge on any atom is 0.264 e. The first-order valence-corrected chi connectivity index (χ1v) is 14.8. The zero-order valence-electron chi connectivity index (χ0n) is 23.4. The van der Waals surface area contributed by atoms with Crippen molar-refractivity contribution in [2.24, 2.45) is 0 Å². The summed E-state index contributed by atoms with van der Waals surface area (Å²) in [5, 5.41) is 2.99. The molecule has 7 nitrogen and oxygen atoms in total. The van der Waals surface area contributed by atoms with Crippen LogP contribution in [0.3, 0.4) is 0 Å². The number of rotatable bonds is 12. The number of benzene rings is 3. The van der Waals surface area contributed by atoms with Crippen molar-refractivity contribution in [3.8, 4) is 0 Å². The molecule has 0 saturated carbocycles. The van der Waals surface area contributed by atoms with Gasteiger partial charge in [0.15, 0.2) is 0 Å². The van der Waals surface area contributed by atoms with Gasteiger partial charge in [-0.2, -0.15) is 0 Å². The predicted molar refractivity (Wildman–Crippen MR) is 156 cm³/mol. The molecule has 1 N–H and O–H groups in total. The van der Waals surface area contributed by atoms with E-state index in [1.54, 1.807) is 24.3 Å². The first-order chi connectivity index (χ1) is 18.6. The molecule has 0 aliphatic carbocycles. The second kappa shape index (κ2) is 13.4. The molecule has 0 heterocycles. The highest BCUT2D eigenvalue weighted by Gasteiger charge is 2.34. The van der Waals surface area contributed by atoms with E-state index in [4.69, 9.17) is 0 Å². The summed E-state index contributed by atoms with van der Waals surface area (Å²) in [5.41, 5.74) is 2.88. The van der Waals surface area contributed by atoms with Crippen molar-refractivity contribution < 1.29 is 18.0 Å². The van der Waals surface area contributed by atoms with Crippen LogP contribution < -0.4 is 9.62 Å². The molecule has 39 heavy (non-hydrogen) atoms. The monoisotopic (exact) mass is 549 g/mol. The van der Waals surface area contributed by atoms with Gasteiger partial charge < -0.3 is 10.2 Å². The molecule has 0 aliphatic heterocycles. The Morgan fingerprint density at radius 1 is 0.872 bits per heavy atom. The maximum absolute atomic E-state index is 14.1. The van der Waals surface area contributed by atoms with Gasteiger partial charge in [0.2, 0.25) is 11.8 Å². The second-order valence-electron chi connectivity index (χ2n) is 9.86.